The molecule has 7 heteroatoms. The number of nitro benzene ring substituents is 1. The van der Waals surface area contributed by atoms with E-state index in [2.05, 4.69) is 9.97 Å². The number of nitrogens with zero attached hydrogens (tertiary/aromatic N) is 4. The Morgan fingerprint density at radius 3 is 2.54 bits per heavy atom. The van der Waals surface area contributed by atoms with Gasteiger partial charge in [0.2, 0.25) is 0 Å². The monoisotopic (exact) mass is 370 g/mol. The Bertz CT molecular complexity index is 1260. The molecule has 2 aromatic carbocycles. The minimum Gasteiger partial charge on any atom is -0.268 e. The third-order valence-electron chi connectivity index (χ3n) is 4.23. The molecule has 0 aliphatic carbocycles. The third kappa shape index (κ3) is 3.16. The summed E-state index contributed by atoms with van der Waals surface area (Å²) in [5, 5.41) is 11.9. The number of benzene rings is 2. The highest BCUT2D eigenvalue weighted by molar-refractivity contribution is 5.80. The molecule has 0 saturated heterocycles. The molecule has 0 unspecified atom stereocenters. The van der Waals surface area contributed by atoms with Crippen molar-refractivity contribution >= 4 is 28.7 Å². The van der Waals surface area contributed by atoms with E-state index in [0.29, 0.717) is 16.7 Å². The molecule has 0 spiro atoms. The number of para-hydroxylation sites is 3. The molecule has 2 aromatic heterocycles. The van der Waals surface area contributed by atoms with Crippen LogP contribution in [0, 0.1) is 10.1 Å². The molecule has 28 heavy (non-hydrogen) atoms. The van der Waals surface area contributed by atoms with E-state index in [1.165, 1.54) is 16.7 Å². The number of hydrogen-bond donors (Lipinski definition) is 0. The van der Waals surface area contributed by atoms with Crippen LogP contribution in [-0.2, 0) is 0 Å². The molecule has 0 N–H and O–H groups in total. The summed E-state index contributed by atoms with van der Waals surface area (Å²) in [6, 6.07) is 16.7. The lowest BCUT2D eigenvalue weighted by molar-refractivity contribution is -0.384. The van der Waals surface area contributed by atoms with Gasteiger partial charge in [0.25, 0.3) is 11.2 Å². The van der Waals surface area contributed by atoms with Crippen LogP contribution in [0.2, 0.25) is 0 Å². The molecular formula is C21H14N4O3. The van der Waals surface area contributed by atoms with Crippen LogP contribution in [-0.4, -0.2) is 19.5 Å². The summed E-state index contributed by atoms with van der Waals surface area (Å²) >= 11 is 0. The van der Waals surface area contributed by atoms with Gasteiger partial charge in [0.1, 0.15) is 11.5 Å². The lowest BCUT2D eigenvalue weighted by Gasteiger charge is -2.11. The van der Waals surface area contributed by atoms with E-state index in [0.717, 1.165) is 5.56 Å². The molecule has 0 radical (unpaired) electrons. The Morgan fingerprint density at radius 2 is 1.75 bits per heavy atom. The van der Waals surface area contributed by atoms with Gasteiger partial charge in [-0.05, 0) is 42.0 Å². The molecule has 4 rings (SSSR count). The third-order valence-corrected chi connectivity index (χ3v) is 4.23. The largest absolute Gasteiger partial charge is 0.293 e. The maximum absolute atomic E-state index is 13.2. The first-order chi connectivity index (χ1) is 13.6. The van der Waals surface area contributed by atoms with E-state index in [4.69, 9.17) is 0 Å². The zero-order chi connectivity index (χ0) is 19.5. The van der Waals surface area contributed by atoms with Crippen molar-refractivity contribution in [3.05, 3.63) is 105 Å². The van der Waals surface area contributed by atoms with Crippen molar-refractivity contribution in [3.63, 3.8) is 0 Å². The second-order valence-corrected chi connectivity index (χ2v) is 5.99. The second-order valence-electron chi connectivity index (χ2n) is 5.99. The first kappa shape index (κ1) is 17.3. The molecule has 7 nitrogen and oxygen atoms in total. The van der Waals surface area contributed by atoms with Crippen LogP contribution in [0.3, 0.4) is 0 Å². The number of aromatic nitrogens is 3. The summed E-state index contributed by atoms with van der Waals surface area (Å²) in [7, 11) is 0. The van der Waals surface area contributed by atoms with Gasteiger partial charge >= 0.3 is 0 Å². The van der Waals surface area contributed by atoms with E-state index in [-0.39, 0.29) is 16.9 Å². The lowest BCUT2D eigenvalue weighted by Crippen LogP contribution is -2.23. The van der Waals surface area contributed by atoms with E-state index >= 15 is 0 Å². The summed E-state index contributed by atoms with van der Waals surface area (Å²) in [5.41, 5.74) is 0.970. The van der Waals surface area contributed by atoms with E-state index in [1.54, 1.807) is 67.0 Å². The van der Waals surface area contributed by atoms with Crippen molar-refractivity contribution in [2.24, 2.45) is 0 Å². The van der Waals surface area contributed by atoms with Crippen LogP contribution >= 0.6 is 0 Å². The van der Waals surface area contributed by atoms with Crippen molar-refractivity contribution in [2.45, 2.75) is 0 Å². The smallest absolute Gasteiger partial charge is 0.268 e. The minimum absolute atomic E-state index is 0.168. The molecular weight excluding hydrogens is 356 g/mol. The van der Waals surface area contributed by atoms with E-state index < -0.39 is 4.92 Å². The Morgan fingerprint density at radius 1 is 0.964 bits per heavy atom. The number of nitro groups is 1. The van der Waals surface area contributed by atoms with Gasteiger partial charge in [0.05, 0.1) is 15.8 Å². The Kier molecular flexibility index (Phi) is 4.47. The highest BCUT2D eigenvalue weighted by Crippen LogP contribution is 2.23. The van der Waals surface area contributed by atoms with Crippen molar-refractivity contribution in [1.29, 1.82) is 0 Å². The maximum atomic E-state index is 13.2. The van der Waals surface area contributed by atoms with E-state index in [9.17, 15) is 14.9 Å². The Labute approximate surface area is 159 Å². The zero-order valence-corrected chi connectivity index (χ0v) is 14.6. The van der Waals surface area contributed by atoms with Crippen LogP contribution < -0.4 is 5.56 Å². The average molecular weight is 370 g/mol. The van der Waals surface area contributed by atoms with Crippen LogP contribution in [0.5, 0.6) is 0 Å². The van der Waals surface area contributed by atoms with Crippen LogP contribution in [0.15, 0.2) is 77.9 Å². The fraction of sp³-hybridized carbons (Fsp3) is 0. The second kappa shape index (κ2) is 7.24. The van der Waals surface area contributed by atoms with Crippen molar-refractivity contribution < 1.29 is 4.92 Å². The molecule has 2 heterocycles. The van der Waals surface area contributed by atoms with Gasteiger partial charge in [-0.2, -0.15) is 0 Å². The molecule has 0 saturated carbocycles. The molecule has 0 atom stereocenters. The Balaban J connectivity index is 2.01. The predicted octanol–water partition coefficient (Wildman–Crippen LogP) is 3.86. The first-order valence-corrected chi connectivity index (χ1v) is 8.49. The molecule has 0 fully saturated rings. The fourth-order valence-corrected chi connectivity index (χ4v) is 2.95. The average Bonchev–Trinajstić information content (AvgIpc) is 2.73. The first-order valence-electron chi connectivity index (χ1n) is 8.49. The van der Waals surface area contributed by atoms with E-state index in [1.807, 2.05) is 6.07 Å². The highest BCUT2D eigenvalue weighted by atomic mass is 16.6. The molecule has 4 aromatic rings. The number of hydrogen-bond acceptors (Lipinski definition) is 5. The zero-order valence-electron chi connectivity index (χ0n) is 14.6. The predicted molar refractivity (Wildman–Crippen MR) is 107 cm³/mol. The standard InChI is InChI=1S/C21H14N4O3/c26-21-16-7-1-2-8-17(16)23-20(12-11-15-6-5-13-22-14-15)24(21)18-9-3-4-10-19(18)25(27)28/h1-14H/b12-11+. The summed E-state index contributed by atoms with van der Waals surface area (Å²) < 4.78 is 1.27. The highest BCUT2D eigenvalue weighted by Gasteiger charge is 2.19. The number of rotatable bonds is 4. The maximum Gasteiger partial charge on any atom is 0.293 e. The quantitative estimate of drug-likeness (QED) is 0.402. The normalized spacial score (nSPS) is 11.1. The van der Waals surface area contributed by atoms with Crippen LogP contribution in [0.25, 0.3) is 28.7 Å². The fourth-order valence-electron chi connectivity index (χ4n) is 2.95. The van der Waals surface area contributed by atoms with Crippen molar-refractivity contribution in [2.75, 3.05) is 0 Å². The molecule has 0 aliphatic heterocycles. The van der Waals surface area contributed by atoms with Crippen molar-refractivity contribution in [3.8, 4) is 5.69 Å². The summed E-state index contributed by atoms with van der Waals surface area (Å²) in [4.78, 5) is 32.8. The SMILES string of the molecule is O=c1c2ccccc2nc(/C=C/c2cccnc2)n1-c1ccccc1[N+](=O)[O-]. The van der Waals surface area contributed by atoms with Crippen LogP contribution in [0.1, 0.15) is 11.4 Å². The summed E-state index contributed by atoms with van der Waals surface area (Å²) in [6.45, 7) is 0. The van der Waals surface area contributed by atoms with Gasteiger partial charge in [0.15, 0.2) is 0 Å². The minimum atomic E-state index is -0.508. The lowest BCUT2D eigenvalue weighted by atomic mass is 10.2. The molecule has 136 valence electrons. The van der Waals surface area contributed by atoms with Crippen molar-refractivity contribution in [1.82, 2.24) is 14.5 Å². The molecule has 0 bridgehead atoms. The van der Waals surface area contributed by atoms with Gasteiger partial charge in [-0.3, -0.25) is 24.5 Å². The number of pyridine rings is 1. The Hall–Kier alpha value is -4.13. The summed E-state index contributed by atoms with van der Waals surface area (Å²) in [6.07, 6.45) is 6.75. The van der Waals surface area contributed by atoms with Crippen LogP contribution in [0.4, 0.5) is 5.69 Å². The molecule has 0 aliphatic rings. The van der Waals surface area contributed by atoms with Gasteiger partial charge in [-0.15, -0.1) is 0 Å². The number of fused-ring (bicyclic) bond motifs is 1. The topological polar surface area (TPSA) is 90.9 Å². The van der Waals surface area contributed by atoms with Gasteiger partial charge in [-0.1, -0.05) is 30.3 Å². The van der Waals surface area contributed by atoms with Gasteiger partial charge < -0.3 is 0 Å². The molecule has 0 amide bonds. The summed E-state index contributed by atoms with van der Waals surface area (Å²) in [5.74, 6) is 0.293. The van der Waals surface area contributed by atoms with Gasteiger partial charge in [-0.25, -0.2) is 4.98 Å². The van der Waals surface area contributed by atoms with Gasteiger partial charge in [0, 0.05) is 18.5 Å².